The van der Waals surface area contributed by atoms with Gasteiger partial charge in [0.25, 0.3) is 5.56 Å². The Balaban J connectivity index is 1.71. The van der Waals surface area contributed by atoms with Crippen molar-refractivity contribution in [1.29, 1.82) is 5.26 Å². The van der Waals surface area contributed by atoms with Gasteiger partial charge in [-0.1, -0.05) is 54.2 Å². The Hall–Kier alpha value is -2.88. The molecule has 6 heteroatoms. The number of fused-ring (bicyclic) bond motifs is 1. The molecule has 0 aliphatic carbocycles. The molecular weight excluding hydrogens is 386 g/mol. The number of hydrogen-bond acceptors (Lipinski definition) is 5. The van der Waals surface area contributed by atoms with Crippen molar-refractivity contribution in [2.24, 2.45) is 0 Å². The van der Waals surface area contributed by atoms with Crippen LogP contribution < -0.4 is 5.56 Å². The zero-order valence-electron chi connectivity index (χ0n) is 15.3. The Morgan fingerprint density at radius 2 is 1.89 bits per heavy atom. The lowest BCUT2D eigenvalue weighted by molar-refractivity contribution is 0.635. The molecule has 0 radical (unpaired) electrons. The van der Waals surface area contributed by atoms with E-state index >= 15 is 0 Å². The SMILES string of the molecule is CCn1c(SCc2ccc(C#N)cc2)nc2scc(-c3ccccc3)c2c1=O. The van der Waals surface area contributed by atoms with Crippen molar-refractivity contribution < 1.29 is 0 Å². The van der Waals surface area contributed by atoms with Crippen LogP contribution in [0.2, 0.25) is 0 Å². The lowest BCUT2D eigenvalue weighted by Crippen LogP contribution is -2.22. The average molecular weight is 404 g/mol. The monoisotopic (exact) mass is 403 g/mol. The molecule has 4 aromatic rings. The minimum absolute atomic E-state index is 0.00920. The van der Waals surface area contributed by atoms with Gasteiger partial charge in [0, 0.05) is 23.2 Å². The molecule has 0 atom stereocenters. The molecule has 0 unspecified atom stereocenters. The summed E-state index contributed by atoms with van der Waals surface area (Å²) in [5.74, 6) is 0.695. The quantitative estimate of drug-likeness (QED) is 0.335. The van der Waals surface area contributed by atoms with E-state index in [1.807, 2.05) is 66.9 Å². The molecule has 28 heavy (non-hydrogen) atoms. The van der Waals surface area contributed by atoms with Crippen LogP contribution in [0.5, 0.6) is 0 Å². The van der Waals surface area contributed by atoms with Crippen LogP contribution in [0.15, 0.2) is 69.9 Å². The lowest BCUT2D eigenvalue weighted by Gasteiger charge is -2.10. The third-order valence-electron chi connectivity index (χ3n) is 4.51. The van der Waals surface area contributed by atoms with Gasteiger partial charge in [0.2, 0.25) is 0 Å². The third-order valence-corrected chi connectivity index (χ3v) is 6.43. The molecule has 2 heterocycles. The van der Waals surface area contributed by atoms with E-state index in [0.717, 1.165) is 26.7 Å². The second-order valence-corrected chi connectivity index (χ2v) is 8.04. The highest BCUT2D eigenvalue weighted by molar-refractivity contribution is 7.98. The molecule has 138 valence electrons. The van der Waals surface area contributed by atoms with Gasteiger partial charge < -0.3 is 0 Å². The lowest BCUT2D eigenvalue weighted by atomic mass is 10.1. The summed E-state index contributed by atoms with van der Waals surface area (Å²) in [6.45, 7) is 2.54. The smallest absolute Gasteiger partial charge is 0.263 e. The van der Waals surface area contributed by atoms with E-state index in [4.69, 9.17) is 10.2 Å². The van der Waals surface area contributed by atoms with Crippen LogP contribution in [0.4, 0.5) is 0 Å². The molecule has 0 saturated heterocycles. The molecule has 0 saturated carbocycles. The topological polar surface area (TPSA) is 58.7 Å². The predicted octanol–water partition coefficient (Wildman–Crippen LogP) is 5.31. The second-order valence-electron chi connectivity index (χ2n) is 6.24. The molecule has 0 aliphatic heterocycles. The van der Waals surface area contributed by atoms with Crippen molar-refractivity contribution in [3.05, 3.63) is 81.5 Å². The van der Waals surface area contributed by atoms with Gasteiger partial charge in [0.15, 0.2) is 5.16 Å². The number of hydrogen-bond donors (Lipinski definition) is 0. The van der Waals surface area contributed by atoms with Crippen LogP contribution in [0.25, 0.3) is 21.3 Å². The minimum Gasteiger partial charge on any atom is -0.287 e. The zero-order valence-corrected chi connectivity index (χ0v) is 16.9. The van der Waals surface area contributed by atoms with Gasteiger partial charge in [0.1, 0.15) is 4.83 Å². The Labute approximate surface area is 171 Å². The summed E-state index contributed by atoms with van der Waals surface area (Å²) in [5.41, 5.74) is 3.73. The standard InChI is InChI=1S/C22H17N3OS2/c1-2-25-21(26)19-18(17-6-4-3-5-7-17)14-27-20(19)24-22(25)28-13-16-10-8-15(12-23)9-11-16/h3-11,14H,2,13H2,1H3. The molecule has 0 aliphatic rings. The predicted molar refractivity (Wildman–Crippen MR) is 116 cm³/mol. The van der Waals surface area contributed by atoms with E-state index in [1.165, 1.54) is 11.3 Å². The van der Waals surface area contributed by atoms with Crippen molar-refractivity contribution in [3.63, 3.8) is 0 Å². The third kappa shape index (κ3) is 3.47. The van der Waals surface area contributed by atoms with Crippen molar-refractivity contribution in [3.8, 4) is 17.2 Å². The second kappa shape index (κ2) is 8.01. The zero-order chi connectivity index (χ0) is 19.5. The van der Waals surface area contributed by atoms with Gasteiger partial charge in [-0.05, 0) is 30.2 Å². The first-order valence-corrected chi connectivity index (χ1v) is 10.8. The van der Waals surface area contributed by atoms with Crippen LogP contribution >= 0.6 is 23.1 Å². The van der Waals surface area contributed by atoms with Gasteiger partial charge >= 0.3 is 0 Å². The molecule has 0 fully saturated rings. The van der Waals surface area contributed by atoms with Crippen LogP contribution in [0.3, 0.4) is 0 Å². The van der Waals surface area contributed by atoms with Crippen molar-refractivity contribution >= 4 is 33.3 Å². The van der Waals surface area contributed by atoms with Gasteiger partial charge in [-0.3, -0.25) is 9.36 Å². The Kier molecular flexibility index (Phi) is 5.29. The highest BCUT2D eigenvalue weighted by Crippen LogP contribution is 2.32. The molecular formula is C22H17N3OS2. The van der Waals surface area contributed by atoms with Crippen molar-refractivity contribution in [2.75, 3.05) is 0 Å². The molecule has 0 N–H and O–H groups in total. The first kappa shape index (κ1) is 18.5. The van der Waals surface area contributed by atoms with E-state index in [2.05, 4.69) is 6.07 Å². The number of benzene rings is 2. The van der Waals surface area contributed by atoms with Crippen molar-refractivity contribution in [1.82, 2.24) is 9.55 Å². The fourth-order valence-corrected chi connectivity index (χ4v) is 5.06. The Morgan fingerprint density at radius 1 is 1.14 bits per heavy atom. The van der Waals surface area contributed by atoms with Crippen LogP contribution in [0.1, 0.15) is 18.1 Å². The van der Waals surface area contributed by atoms with E-state index in [1.54, 1.807) is 16.3 Å². The molecule has 0 spiro atoms. The van der Waals surface area contributed by atoms with Gasteiger partial charge in [-0.2, -0.15) is 5.26 Å². The summed E-state index contributed by atoms with van der Waals surface area (Å²) in [6.07, 6.45) is 0. The molecule has 4 rings (SSSR count). The highest BCUT2D eigenvalue weighted by atomic mass is 32.2. The molecule has 4 nitrogen and oxygen atoms in total. The summed E-state index contributed by atoms with van der Waals surface area (Å²) in [7, 11) is 0. The number of nitriles is 1. The maximum Gasteiger partial charge on any atom is 0.263 e. The average Bonchev–Trinajstić information content (AvgIpc) is 3.17. The van der Waals surface area contributed by atoms with Gasteiger partial charge in [-0.15, -0.1) is 11.3 Å². The summed E-state index contributed by atoms with van der Waals surface area (Å²) in [5, 5.41) is 12.4. The summed E-state index contributed by atoms with van der Waals surface area (Å²) < 4.78 is 1.75. The Bertz CT molecular complexity index is 1220. The largest absolute Gasteiger partial charge is 0.287 e. The summed E-state index contributed by atoms with van der Waals surface area (Å²) in [6, 6.07) is 19.6. The number of aromatic nitrogens is 2. The number of thioether (sulfide) groups is 1. The van der Waals surface area contributed by atoms with Crippen LogP contribution in [-0.4, -0.2) is 9.55 Å². The maximum absolute atomic E-state index is 13.2. The normalized spacial score (nSPS) is 10.9. The first-order chi connectivity index (χ1) is 13.7. The highest BCUT2D eigenvalue weighted by Gasteiger charge is 2.16. The molecule has 0 amide bonds. The van der Waals surface area contributed by atoms with Gasteiger partial charge in [0.05, 0.1) is 17.0 Å². The fraction of sp³-hybridized carbons (Fsp3) is 0.136. The minimum atomic E-state index is 0.00920. The first-order valence-electron chi connectivity index (χ1n) is 8.90. The molecule has 2 aromatic heterocycles. The van der Waals surface area contributed by atoms with Crippen molar-refractivity contribution in [2.45, 2.75) is 24.4 Å². The van der Waals surface area contributed by atoms with E-state index in [9.17, 15) is 4.79 Å². The van der Waals surface area contributed by atoms with Gasteiger partial charge in [-0.25, -0.2) is 4.98 Å². The van der Waals surface area contributed by atoms with E-state index in [0.29, 0.717) is 23.2 Å². The van der Waals surface area contributed by atoms with E-state index in [-0.39, 0.29) is 5.56 Å². The Morgan fingerprint density at radius 3 is 2.57 bits per heavy atom. The molecule has 0 bridgehead atoms. The number of nitrogens with zero attached hydrogens (tertiary/aromatic N) is 3. The summed E-state index contributed by atoms with van der Waals surface area (Å²) in [4.78, 5) is 18.8. The fourth-order valence-electron chi connectivity index (χ4n) is 3.05. The summed E-state index contributed by atoms with van der Waals surface area (Å²) >= 11 is 3.06. The maximum atomic E-state index is 13.2. The van der Waals surface area contributed by atoms with E-state index < -0.39 is 0 Å². The van der Waals surface area contributed by atoms with Crippen LogP contribution in [0, 0.1) is 11.3 Å². The number of thiophene rings is 1. The molecule has 2 aromatic carbocycles. The number of rotatable bonds is 5. The van der Waals surface area contributed by atoms with Crippen LogP contribution in [-0.2, 0) is 12.3 Å².